The molecule has 0 saturated carbocycles. The minimum absolute atomic E-state index is 0.0581. The van der Waals surface area contributed by atoms with Gasteiger partial charge >= 0.3 is 0 Å². The molecule has 110 valence electrons. The van der Waals surface area contributed by atoms with Gasteiger partial charge in [-0.05, 0) is 24.6 Å². The number of hydrogen-bond acceptors (Lipinski definition) is 4. The molecule has 0 fully saturated rings. The highest BCUT2D eigenvalue weighted by molar-refractivity contribution is 7.13. The number of thiazole rings is 1. The fourth-order valence-electron chi connectivity index (χ4n) is 2.10. The highest BCUT2D eigenvalue weighted by atomic mass is 32.1. The number of rotatable bonds is 4. The third kappa shape index (κ3) is 3.20. The van der Waals surface area contributed by atoms with Gasteiger partial charge < -0.3 is 5.32 Å². The van der Waals surface area contributed by atoms with Gasteiger partial charge in [0.1, 0.15) is 10.7 Å². The Morgan fingerprint density at radius 2 is 2.00 bits per heavy atom. The van der Waals surface area contributed by atoms with Crippen LogP contribution in [-0.4, -0.2) is 15.9 Å². The zero-order chi connectivity index (χ0) is 15.4. The Bertz CT molecular complexity index is 756. The van der Waals surface area contributed by atoms with Crippen LogP contribution in [0.1, 0.15) is 29.0 Å². The van der Waals surface area contributed by atoms with E-state index in [2.05, 4.69) is 15.3 Å². The van der Waals surface area contributed by atoms with E-state index in [1.807, 2.05) is 49.4 Å². The van der Waals surface area contributed by atoms with Crippen molar-refractivity contribution in [2.24, 2.45) is 0 Å². The molecule has 2 aromatic heterocycles. The molecule has 0 saturated heterocycles. The van der Waals surface area contributed by atoms with Crippen molar-refractivity contribution in [2.45, 2.75) is 13.0 Å². The van der Waals surface area contributed by atoms with E-state index in [1.54, 1.807) is 17.8 Å². The Balaban J connectivity index is 1.72. The van der Waals surface area contributed by atoms with Crippen molar-refractivity contribution in [3.8, 4) is 10.6 Å². The van der Waals surface area contributed by atoms with Crippen molar-refractivity contribution in [1.82, 2.24) is 15.3 Å². The maximum atomic E-state index is 12.3. The first-order valence-electron chi connectivity index (χ1n) is 6.96. The molecule has 0 spiro atoms. The van der Waals surface area contributed by atoms with Crippen LogP contribution in [0, 0.1) is 0 Å². The Hall–Kier alpha value is -2.53. The molecule has 0 radical (unpaired) electrons. The fourth-order valence-corrected chi connectivity index (χ4v) is 2.89. The van der Waals surface area contributed by atoms with Crippen molar-refractivity contribution < 1.29 is 4.79 Å². The Morgan fingerprint density at radius 3 is 2.73 bits per heavy atom. The summed E-state index contributed by atoms with van der Waals surface area (Å²) in [5, 5.41) is 5.54. The van der Waals surface area contributed by atoms with Crippen LogP contribution in [0.5, 0.6) is 0 Å². The Kier molecular flexibility index (Phi) is 4.25. The summed E-state index contributed by atoms with van der Waals surface area (Å²) >= 11 is 1.44. The average molecular weight is 309 g/mol. The summed E-state index contributed by atoms with van der Waals surface area (Å²) in [5.74, 6) is -0.164. The third-order valence-electron chi connectivity index (χ3n) is 3.29. The largest absolute Gasteiger partial charge is 0.344 e. The van der Waals surface area contributed by atoms with E-state index >= 15 is 0 Å². The first-order chi connectivity index (χ1) is 10.7. The minimum atomic E-state index is -0.164. The highest BCUT2D eigenvalue weighted by Crippen LogP contribution is 2.23. The number of aromatic nitrogens is 2. The number of hydrogen-bond donors (Lipinski definition) is 1. The molecular formula is C17H15N3OS. The molecule has 1 aromatic carbocycles. The van der Waals surface area contributed by atoms with Crippen molar-refractivity contribution in [2.75, 3.05) is 0 Å². The summed E-state index contributed by atoms with van der Waals surface area (Å²) in [6.07, 6.45) is 3.46. The Labute approximate surface area is 132 Å². The zero-order valence-corrected chi connectivity index (χ0v) is 12.9. The van der Waals surface area contributed by atoms with E-state index < -0.39 is 0 Å². The van der Waals surface area contributed by atoms with Crippen molar-refractivity contribution >= 4 is 17.2 Å². The summed E-state index contributed by atoms with van der Waals surface area (Å²) in [7, 11) is 0. The molecule has 0 aliphatic heterocycles. The van der Waals surface area contributed by atoms with Crippen molar-refractivity contribution in [3.05, 3.63) is 71.5 Å². The van der Waals surface area contributed by atoms with Gasteiger partial charge in [-0.15, -0.1) is 11.3 Å². The van der Waals surface area contributed by atoms with Gasteiger partial charge in [0.05, 0.1) is 6.04 Å². The van der Waals surface area contributed by atoms with Gasteiger partial charge in [0.2, 0.25) is 0 Å². The van der Waals surface area contributed by atoms with Gasteiger partial charge in [0.25, 0.3) is 5.91 Å². The molecule has 0 aliphatic carbocycles. The van der Waals surface area contributed by atoms with E-state index in [1.165, 1.54) is 11.3 Å². The first-order valence-corrected chi connectivity index (χ1v) is 7.84. The molecule has 1 amide bonds. The number of nitrogens with one attached hydrogen (secondary N) is 1. The third-order valence-corrected chi connectivity index (χ3v) is 4.18. The number of carbonyl (C=O) groups excluding carboxylic acids is 1. The van der Waals surface area contributed by atoms with Gasteiger partial charge in [-0.25, -0.2) is 4.98 Å². The van der Waals surface area contributed by atoms with Crippen LogP contribution in [-0.2, 0) is 0 Å². The zero-order valence-electron chi connectivity index (χ0n) is 12.1. The lowest BCUT2D eigenvalue weighted by atomic mass is 10.1. The van der Waals surface area contributed by atoms with Gasteiger partial charge in [0.15, 0.2) is 0 Å². The van der Waals surface area contributed by atoms with Crippen molar-refractivity contribution in [1.29, 1.82) is 0 Å². The number of nitrogens with zero attached hydrogens (tertiary/aromatic N) is 2. The predicted octanol–water partition coefficient (Wildman–Crippen LogP) is 3.70. The van der Waals surface area contributed by atoms with Crippen molar-refractivity contribution in [3.63, 3.8) is 0 Å². The SMILES string of the molecule is CC(NC(=O)c1csc(-c2cccnc2)n1)c1ccccc1. The monoisotopic (exact) mass is 309 g/mol. The van der Waals surface area contributed by atoms with Crippen LogP contribution in [0.2, 0.25) is 0 Å². The number of amides is 1. The number of carbonyl (C=O) groups is 1. The summed E-state index contributed by atoms with van der Waals surface area (Å²) < 4.78 is 0. The molecule has 1 unspecified atom stereocenters. The summed E-state index contributed by atoms with van der Waals surface area (Å²) in [4.78, 5) is 20.8. The lowest BCUT2D eigenvalue weighted by Gasteiger charge is -2.13. The fraction of sp³-hybridized carbons (Fsp3) is 0.118. The van der Waals surface area contributed by atoms with Gasteiger partial charge in [-0.1, -0.05) is 30.3 Å². The molecule has 3 rings (SSSR count). The maximum absolute atomic E-state index is 12.3. The molecule has 1 atom stereocenters. The summed E-state index contributed by atoms with van der Waals surface area (Å²) in [6.45, 7) is 1.96. The van der Waals surface area contributed by atoms with Crippen LogP contribution in [0.25, 0.3) is 10.6 Å². The van der Waals surface area contributed by atoms with E-state index in [-0.39, 0.29) is 11.9 Å². The van der Waals surface area contributed by atoms with Gasteiger partial charge in [-0.2, -0.15) is 0 Å². The predicted molar refractivity (Wildman–Crippen MR) is 87.7 cm³/mol. The first kappa shape index (κ1) is 14.4. The molecule has 0 bridgehead atoms. The van der Waals surface area contributed by atoms with Crippen LogP contribution in [0.3, 0.4) is 0 Å². The van der Waals surface area contributed by atoms with E-state index in [9.17, 15) is 4.79 Å². The standard InChI is InChI=1S/C17H15N3OS/c1-12(13-6-3-2-4-7-13)19-16(21)15-11-22-17(20-15)14-8-5-9-18-10-14/h2-12H,1H3,(H,19,21). The highest BCUT2D eigenvalue weighted by Gasteiger charge is 2.15. The van der Waals surface area contributed by atoms with Gasteiger partial charge in [-0.3, -0.25) is 9.78 Å². The molecule has 4 nitrogen and oxygen atoms in total. The lowest BCUT2D eigenvalue weighted by Crippen LogP contribution is -2.26. The van der Waals surface area contributed by atoms with Crippen LogP contribution < -0.4 is 5.32 Å². The quantitative estimate of drug-likeness (QED) is 0.799. The van der Waals surface area contributed by atoms with E-state index in [4.69, 9.17) is 0 Å². The molecule has 5 heteroatoms. The second-order valence-corrected chi connectivity index (χ2v) is 5.74. The number of pyridine rings is 1. The molecule has 2 heterocycles. The van der Waals surface area contributed by atoms with E-state index in [0.717, 1.165) is 16.1 Å². The summed E-state index contributed by atoms with van der Waals surface area (Å²) in [5.41, 5.74) is 2.42. The molecule has 1 N–H and O–H groups in total. The second kappa shape index (κ2) is 6.49. The summed E-state index contributed by atoms with van der Waals surface area (Å²) in [6, 6.07) is 13.6. The molecular weight excluding hydrogens is 294 g/mol. The maximum Gasteiger partial charge on any atom is 0.271 e. The average Bonchev–Trinajstić information content (AvgIpc) is 3.06. The molecule has 22 heavy (non-hydrogen) atoms. The van der Waals surface area contributed by atoms with Crippen LogP contribution in [0.15, 0.2) is 60.2 Å². The normalized spacial score (nSPS) is 11.9. The minimum Gasteiger partial charge on any atom is -0.344 e. The smallest absolute Gasteiger partial charge is 0.271 e. The molecule has 0 aliphatic rings. The number of benzene rings is 1. The van der Waals surface area contributed by atoms with E-state index in [0.29, 0.717) is 5.69 Å². The lowest BCUT2D eigenvalue weighted by molar-refractivity contribution is 0.0935. The topological polar surface area (TPSA) is 54.9 Å². The Morgan fingerprint density at radius 1 is 1.18 bits per heavy atom. The van der Waals surface area contributed by atoms with Crippen LogP contribution >= 0.6 is 11.3 Å². The van der Waals surface area contributed by atoms with Gasteiger partial charge in [0, 0.05) is 23.3 Å². The molecule has 3 aromatic rings. The van der Waals surface area contributed by atoms with Crippen LogP contribution in [0.4, 0.5) is 0 Å². The second-order valence-electron chi connectivity index (χ2n) is 4.89.